The summed E-state index contributed by atoms with van der Waals surface area (Å²) >= 11 is 0. The maximum Gasteiger partial charge on any atom is 0.237 e. The Balaban J connectivity index is 1.98. The van der Waals surface area contributed by atoms with Gasteiger partial charge < -0.3 is 14.8 Å². The monoisotopic (exact) mass is 297 g/mol. The van der Waals surface area contributed by atoms with Gasteiger partial charge in [-0.3, -0.25) is 4.79 Å². The second kappa shape index (κ2) is 6.36. The number of fused-ring (bicyclic) bond motifs is 1. The zero-order valence-electron chi connectivity index (χ0n) is 13.2. The van der Waals surface area contributed by atoms with Crippen LogP contribution >= 0.6 is 0 Å². The number of rotatable bonds is 4. The normalized spacial score (nSPS) is 17.4. The first-order chi connectivity index (χ1) is 10.7. The minimum Gasteiger partial charge on any atom is -0.348 e. The summed E-state index contributed by atoms with van der Waals surface area (Å²) in [7, 11) is 0. The van der Waals surface area contributed by atoms with Gasteiger partial charge in [-0.1, -0.05) is 36.8 Å². The lowest BCUT2D eigenvalue weighted by molar-refractivity contribution is -0.132. The molecule has 0 fully saturated rings. The predicted octanol–water partition coefficient (Wildman–Crippen LogP) is 2.34. The molecular weight excluding hydrogens is 274 g/mol. The maximum absolute atomic E-state index is 12.6. The molecule has 2 heterocycles. The summed E-state index contributed by atoms with van der Waals surface area (Å²) < 4.78 is 2.25. The molecule has 116 valence electrons. The van der Waals surface area contributed by atoms with Gasteiger partial charge in [-0.25, -0.2) is 0 Å². The van der Waals surface area contributed by atoms with E-state index in [1.807, 2.05) is 11.8 Å². The quantitative estimate of drug-likeness (QED) is 0.940. The van der Waals surface area contributed by atoms with Crippen molar-refractivity contribution in [2.75, 3.05) is 19.6 Å². The summed E-state index contributed by atoms with van der Waals surface area (Å²) in [5, 5.41) is 3.15. The number of nitrogens with zero attached hydrogens (tertiary/aromatic N) is 2. The highest BCUT2D eigenvalue weighted by molar-refractivity contribution is 5.79. The molecule has 0 saturated heterocycles. The van der Waals surface area contributed by atoms with Crippen molar-refractivity contribution in [3.63, 3.8) is 0 Å². The average Bonchev–Trinajstić information content (AvgIpc) is 3.00. The number of aromatic nitrogens is 1. The Kier molecular flexibility index (Phi) is 4.29. The topological polar surface area (TPSA) is 37.3 Å². The molecule has 1 aliphatic rings. The number of aryl methyl sites for hydroxylation is 1. The van der Waals surface area contributed by atoms with Crippen molar-refractivity contribution in [1.82, 2.24) is 14.8 Å². The molecular formula is C18H23N3O. The summed E-state index contributed by atoms with van der Waals surface area (Å²) in [6.07, 6.45) is 2.10. The van der Waals surface area contributed by atoms with E-state index in [9.17, 15) is 4.79 Å². The third kappa shape index (κ3) is 2.79. The fourth-order valence-electron chi connectivity index (χ4n) is 3.18. The molecule has 3 rings (SSSR count). The number of amides is 1. The van der Waals surface area contributed by atoms with Gasteiger partial charge in [0.1, 0.15) is 0 Å². The van der Waals surface area contributed by atoms with Crippen molar-refractivity contribution in [3.05, 3.63) is 59.4 Å². The molecule has 1 atom stereocenters. The number of nitrogens with one attached hydrogen (secondary N) is 1. The lowest BCUT2D eigenvalue weighted by Crippen LogP contribution is -2.45. The molecule has 0 radical (unpaired) electrons. The number of likely N-dealkylation sites (N-methyl/N-ethyl adjacent to an activating group) is 1. The van der Waals surface area contributed by atoms with Crippen LogP contribution in [0, 0.1) is 6.92 Å². The molecule has 0 bridgehead atoms. The molecule has 1 aromatic heterocycles. The van der Waals surface area contributed by atoms with Gasteiger partial charge in [0.2, 0.25) is 5.91 Å². The van der Waals surface area contributed by atoms with Crippen LogP contribution in [0.3, 0.4) is 0 Å². The summed E-state index contributed by atoms with van der Waals surface area (Å²) in [6, 6.07) is 12.7. The second-order valence-corrected chi connectivity index (χ2v) is 5.81. The van der Waals surface area contributed by atoms with E-state index >= 15 is 0 Å². The van der Waals surface area contributed by atoms with Gasteiger partial charge in [-0.2, -0.15) is 0 Å². The number of carbonyl (C=O) groups excluding carboxylic acids is 1. The Hall–Kier alpha value is -2.07. The molecule has 22 heavy (non-hydrogen) atoms. The zero-order chi connectivity index (χ0) is 15.5. The first-order valence-corrected chi connectivity index (χ1v) is 7.92. The lowest BCUT2D eigenvalue weighted by atomic mass is 9.98. The Morgan fingerprint density at radius 3 is 2.91 bits per heavy atom. The molecule has 1 aliphatic heterocycles. The van der Waals surface area contributed by atoms with Crippen LogP contribution in [0.15, 0.2) is 42.6 Å². The van der Waals surface area contributed by atoms with Crippen molar-refractivity contribution in [2.45, 2.75) is 26.4 Å². The first kappa shape index (κ1) is 14.9. The van der Waals surface area contributed by atoms with E-state index in [1.54, 1.807) is 0 Å². The van der Waals surface area contributed by atoms with Crippen LogP contribution in [0.4, 0.5) is 0 Å². The third-order valence-corrected chi connectivity index (χ3v) is 4.24. The van der Waals surface area contributed by atoms with Crippen LogP contribution in [0.2, 0.25) is 0 Å². The van der Waals surface area contributed by atoms with Crippen LogP contribution in [0.1, 0.15) is 29.8 Å². The second-order valence-electron chi connectivity index (χ2n) is 5.81. The van der Waals surface area contributed by atoms with Crippen LogP contribution in [-0.2, 0) is 11.3 Å². The highest BCUT2D eigenvalue weighted by Gasteiger charge is 2.31. The fraction of sp³-hybridized carbons (Fsp3) is 0.389. The summed E-state index contributed by atoms with van der Waals surface area (Å²) in [5.74, 6) is 0.167. The number of carbonyl (C=O) groups is 1. The molecule has 4 nitrogen and oxygen atoms in total. The Morgan fingerprint density at radius 2 is 2.14 bits per heavy atom. The maximum atomic E-state index is 12.6. The first-order valence-electron chi connectivity index (χ1n) is 7.92. The molecule has 0 saturated carbocycles. The van der Waals surface area contributed by atoms with Crippen molar-refractivity contribution in [2.24, 2.45) is 0 Å². The molecule has 1 aromatic carbocycles. The van der Waals surface area contributed by atoms with Crippen molar-refractivity contribution in [3.8, 4) is 0 Å². The van der Waals surface area contributed by atoms with E-state index in [0.29, 0.717) is 6.54 Å². The number of benzene rings is 1. The molecule has 2 aromatic rings. The van der Waals surface area contributed by atoms with Gasteiger partial charge in [0.05, 0.1) is 12.6 Å². The van der Waals surface area contributed by atoms with Gasteiger partial charge in [0, 0.05) is 25.0 Å². The number of hydrogen-bond acceptors (Lipinski definition) is 2. The summed E-state index contributed by atoms with van der Waals surface area (Å²) in [4.78, 5) is 14.6. The third-order valence-electron chi connectivity index (χ3n) is 4.24. The zero-order valence-corrected chi connectivity index (χ0v) is 13.2. The Bertz CT molecular complexity index is 662. The van der Waals surface area contributed by atoms with Crippen LogP contribution < -0.4 is 5.32 Å². The van der Waals surface area contributed by atoms with Gasteiger partial charge >= 0.3 is 0 Å². The molecule has 1 N–H and O–H groups in total. The van der Waals surface area contributed by atoms with E-state index in [1.165, 1.54) is 16.8 Å². The van der Waals surface area contributed by atoms with E-state index < -0.39 is 0 Å². The van der Waals surface area contributed by atoms with E-state index in [4.69, 9.17) is 0 Å². The van der Waals surface area contributed by atoms with Crippen molar-refractivity contribution in [1.29, 1.82) is 0 Å². The molecule has 1 amide bonds. The van der Waals surface area contributed by atoms with E-state index in [0.717, 1.165) is 19.6 Å². The largest absolute Gasteiger partial charge is 0.348 e. The molecule has 1 unspecified atom stereocenters. The van der Waals surface area contributed by atoms with Gasteiger partial charge in [0.15, 0.2) is 0 Å². The number of hydrogen-bond donors (Lipinski definition) is 1. The van der Waals surface area contributed by atoms with E-state index in [-0.39, 0.29) is 11.9 Å². The standard InChI is InChI=1S/C18H23N3O/c1-3-19-13-17(22)21-11-10-20-9-5-8-16(20)18(21)15-7-4-6-14(2)12-15/h4-9,12,18-19H,3,10-11,13H2,1-2H3. The highest BCUT2D eigenvalue weighted by atomic mass is 16.2. The fourth-order valence-corrected chi connectivity index (χ4v) is 3.18. The predicted molar refractivity (Wildman–Crippen MR) is 87.7 cm³/mol. The summed E-state index contributed by atoms with van der Waals surface area (Å²) in [6.45, 7) is 6.94. The summed E-state index contributed by atoms with van der Waals surface area (Å²) in [5.41, 5.74) is 3.60. The van der Waals surface area contributed by atoms with Gasteiger partial charge in [0.25, 0.3) is 0 Å². The molecule has 0 spiro atoms. The Labute approximate surface area is 131 Å². The van der Waals surface area contributed by atoms with Crippen molar-refractivity contribution < 1.29 is 4.79 Å². The minimum absolute atomic E-state index is 0.00908. The molecule has 4 heteroatoms. The van der Waals surface area contributed by atoms with Gasteiger partial charge in [-0.05, 0) is 31.2 Å². The average molecular weight is 297 g/mol. The smallest absolute Gasteiger partial charge is 0.237 e. The highest BCUT2D eigenvalue weighted by Crippen LogP contribution is 2.32. The van der Waals surface area contributed by atoms with Crippen molar-refractivity contribution >= 4 is 5.91 Å². The van der Waals surface area contributed by atoms with Crippen LogP contribution in [0.25, 0.3) is 0 Å². The van der Waals surface area contributed by atoms with Gasteiger partial charge in [-0.15, -0.1) is 0 Å². The van der Waals surface area contributed by atoms with Crippen LogP contribution in [-0.4, -0.2) is 35.0 Å². The Morgan fingerprint density at radius 1 is 1.27 bits per heavy atom. The molecule has 0 aliphatic carbocycles. The lowest BCUT2D eigenvalue weighted by Gasteiger charge is -2.37. The minimum atomic E-state index is 0.00908. The van der Waals surface area contributed by atoms with Crippen LogP contribution in [0.5, 0.6) is 0 Å². The van der Waals surface area contributed by atoms with E-state index in [2.05, 4.69) is 59.4 Å². The SMILES string of the molecule is CCNCC(=O)N1CCn2cccc2C1c1cccc(C)c1.